The van der Waals surface area contributed by atoms with Gasteiger partial charge in [-0.1, -0.05) is 24.3 Å². The third-order valence-electron chi connectivity index (χ3n) is 6.95. The van der Waals surface area contributed by atoms with Crippen LogP contribution in [0.1, 0.15) is 50.8 Å². The molecule has 1 fully saturated rings. The van der Waals surface area contributed by atoms with Gasteiger partial charge in [0.25, 0.3) is 0 Å². The van der Waals surface area contributed by atoms with Gasteiger partial charge in [0.05, 0.1) is 17.6 Å². The SMILES string of the molecule is CCOc1cc(C(Nc2ccc3c(N)nccc3c2)C(=O)NCc2ccccc2S(=O)(=O)NC2CC2)ccc1OC(C)C. The van der Waals surface area contributed by atoms with E-state index < -0.39 is 16.1 Å². The number of benzene rings is 3. The first-order valence-corrected chi connectivity index (χ1v) is 15.8. The summed E-state index contributed by atoms with van der Waals surface area (Å²) in [5.41, 5.74) is 7.86. The Bertz CT molecular complexity index is 1720. The lowest BCUT2D eigenvalue weighted by Crippen LogP contribution is -2.34. The normalized spacial score (nSPS) is 14.0. The highest BCUT2D eigenvalue weighted by Gasteiger charge is 2.29. The number of nitrogen functional groups attached to an aromatic ring is 1. The molecule has 226 valence electrons. The molecule has 0 spiro atoms. The number of ether oxygens (including phenoxy) is 2. The zero-order valence-electron chi connectivity index (χ0n) is 24.5. The average Bonchev–Trinajstić information content (AvgIpc) is 3.79. The standard InChI is InChI=1S/C32H37N5O5S/c1-4-41-28-18-22(9-14-27(28)42-20(2)3)30(36-25-12-13-26-21(17-25)15-16-34-31(26)33)32(38)35-19-23-7-5-6-8-29(23)43(39,40)37-24-10-11-24/h5-9,12-18,20,24,30,36-37H,4,10-11,19H2,1-3H3,(H2,33,34)(H,35,38). The number of nitrogens with zero attached hydrogens (tertiary/aromatic N) is 1. The molecular weight excluding hydrogens is 566 g/mol. The van der Waals surface area contributed by atoms with Gasteiger partial charge in [0.15, 0.2) is 11.5 Å². The van der Waals surface area contributed by atoms with Crippen molar-refractivity contribution in [3.8, 4) is 11.5 Å². The van der Waals surface area contributed by atoms with Crippen LogP contribution >= 0.6 is 0 Å². The van der Waals surface area contributed by atoms with Crippen molar-refractivity contribution in [1.29, 1.82) is 0 Å². The summed E-state index contributed by atoms with van der Waals surface area (Å²) in [4.78, 5) is 18.2. The van der Waals surface area contributed by atoms with Crippen molar-refractivity contribution in [2.45, 2.75) is 63.2 Å². The lowest BCUT2D eigenvalue weighted by molar-refractivity contribution is -0.122. The number of fused-ring (bicyclic) bond motifs is 1. The number of nitrogens with two attached hydrogens (primary N) is 1. The molecule has 5 N–H and O–H groups in total. The molecule has 0 radical (unpaired) electrons. The molecule has 0 saturated heterocycles. The molecule has 3 aromatic carbocycles. The second kappa shape index (κ2) is 12.9. The number of aromatic nitrogens is 1. The van der Waals surface area contributed by atoms with Crippen LogP contribution in [0.2, 0.25) is 0 Å². The van der Waals surface area contributed by atoms with Crippen LogP contribution < -0.4 is 30.6 Å². The summed E-state index contributed by atoms with van der Waals surface area (Å²) < 4.78 is 40.5. The van der Waals surface area contributed by atoms with E-state index in [4.69, 9.17) is 15.2 Å². The quantitative estimate of drug-likeness (QED) is 0.169. The number of carbonyl (C=O) groups is 1. The van der Waals surface area contributed by atoms with Crippen molar-refractivity contribution in [1.82, 2.24) is 15.0 Å². The van der Waals surface area contributed by atoms with Crippen LogP contribution in [0, 0.1) is 0 Å². The molecule has 0 bridgehead atoms. The Hall–Kier alpha value is -4.35. The van der Waals surface area contributed by atoms with Gasteiger partial charge in [-0.25, -0.2) is 18.1 Å². The second-order valence-corrected chi connectivity index (χ2v) is 12.4. The maximum Gasteiger partial charge on any atom is 0.247 e. The van der Waals surface area contributed by atoms with Crippen LogP contribution in [0.3, 0.4) is 0 Å². The van der Waals surface area contributed by atoms with Crippen molar-refractivity contribution < 1.29 is 22.7 Å². The van der Waals surface area contributed by atoms with Gasteiger partial charge in [0.2, 0.25) is 15.9 Å². The van der Waals surface area contributed by atoms with E-state index in [0.29, 0.717) is 40.7 Å². The van der Waals surface area contributed by atoms with E-state index in [1.165, 1.54) is 0 Å². The summed E-state index contributed by atoms with van der Waals surface area (Å²) in [5, 5.41) is 7.98. The first kappa shape index (κ1) is 30.1. The Balaban J connectivity index is 1.46. The number of hydrogen-bond acceptors (Lipinski definition) is 8. The monoisotopic (exact) mass is 603 g/mol. The predicted octanol–water partition coefficient (Wildman–Crippen LogP) is 4.91. The Labute approximate surface area is 252 Å². The van der Waals surface area contributed by atoms with E-state index in [0.717, 1.165) is 23.6 Å². The Morgan fingerprint density at radius 1 is 1.05 bits per heavy atom. The number of anilines is 2. The van der Waals surface area contributed by atoms with Crippen molar-refractivity contribution in [2.75, 3.05) is 17.7 Å². The zero-order chi connectivity index (χ0) is 30.6. The van der Waals surface area contributed by atoms with Crippen molar-refractivity contribution in [2.24, 2.45) is 0 Å². The lowest BCUT2D eigenvalue weighted by atomic mass is 10.0. The molecule has 4 aromatic rings. The number of amides is 1. The fourth-order valence-electron chi connectivity index (χ4n) is 4.76. The molecule has 1 saturated carbocycles. The van der Waals surface area contributed by atoms with Crippen LogP contribution in [0.4, 0.5) is 11.5 Å². The maximum absolute atomic E-state index is 13.9. The zero-order valence-corrected chi connectivity index (χ0v) is 25.3. The molecule has 1 heterocycles. The number of rotatable bonds is 13. The molecule has 1 unspecified atom stereocenters. The van der Waals surface area contributed by atoms with Gasteiger partial charge >= 0.3 is 0 Å². The Morgan fingerprint density at radius 2 is 1.84 bits per heavy atom. The molecular formula is C32H37N5O5S. The van der Waals surface area contributed by atoms with E-state index in [-0.39, 0.29) is 29.5 Å². The topological polar surface area (TPSA) is 145 Å². The molecule has 1 aliphatic carbocycles. The van der Waals surface area contributed by atoms with Crippen molar-refractivity contribution >= 4 is 38.2 Å². The van der Waals surface area contributed by atoms with Crippen LogP contribution in [-0.2, 0) is 21.4 Å². The van der Waals surface area contributed by atoms with Crippen LogP contribution in [0.5, 0.6) is 11.5 Å². The number of hydrogen-bond donors (Lipinski definition) is 4. The molecule has 1 amide bonds. The molecule has 1 aromatic heterocycles. The molecule has 10 nitrogen and oxygen atoms in total. The van der Waals surface area contributed by atoms with Gasteiger partial charge < -0.3 is 25.8 Å². The third-order valence-corrected chi connectivity index (χ3v) is 8.57. The summed E-state index contributed by atoms with van der Waals surface area (Å²) in [6.45, 7) is 6.19. The molecule has 5 rings (SSSR count). The van der Waals surface area contributed by atoms with Crippen molar-refractivity contribution in [3.05, 3.63) is 84.1 Å². The summed E-state index contributed by atoms with van der Waals surface area (Å²) in [7, 11) is -3.71. The smallest absolute Gasteiger partial charge is 0.247 e. The predicted molar refractivity (Wildman–Crippen MR) is 168 cm³/mol. The Morgan fingerprint density at radius 3 is 2.58 bits per heavy atom. The number of pyridine rings is 1. The highest BCUT2D eigenvalue weighted by molar-refractivity contribution is 7.89. The van der Waals surface area contributed by atoms with E-state index >= 15 is 0 Å². The van der Waals surface area contributed by atoms with E-state index in [9.17, 15) is 13.2 Å². The second-order valence-electron chi connectivity index (χ2n) is 10.7. The highest BCUT2D eigenvalue weighted by Crippen LogP contribution is 2.34. The third kappa shape index (κ3) is 7.36. The van der Waals surface area contributed by atoms with Gasteiger partial charge in [-0.05, 0) is 92.6 Å². The van der Waals surface area contributed by atoms with Gasteiger partial charge in [0, 0.05) is 29.9 Å². The van der Waals surface area contributed by atoms with Gasteiger partial charge in [-0.15, -0.1) is 0 Å². The minimum Gasteiger partial charge on any atom is -0.490 e. The summed E-state index contributed by atoms with van der Waals surface area (Å²) in [6, 6.07) is 18.7. The van der Waals surface area contributed by atoms with E-state index in [1.54, 1.807) is 42.6 Å². The summed E-state index contributed by atoms with van der Waals surface area (Å²) >= 11 is 0. The minimum atomic E-state index is -3.71. The molecule has 11 heteroatoms. The average molecular weight is 604 g/mol. The summed E-state index contributed by atoms with van der Waals surface area (Å²) in [6.07, 6.45) is 3.23. The van der Waals surface area contributed by atoms with Gasteiger partial charge in [-0.2, -0.15) is 0 Å². The van der Waals surface area contributed by atoms with Crippen LogP contribution in [0.15, 0.2) is 77.8 Å². The van der Waals surface area contributed by atoms with Crippen LogP contribution in [0.25, 0.3) is 10.8 Å². The number of nitrogens with one attached hydrogen (secondary N) is 3. The first-order valence-electron chi connectivity index (χ1n) is 14.4. The first-order chi connectivity index (χ1) is 20.6. The largest absolute Gasteiger partial charge is 0.490 e. The van der Waals surface area contributed by atoms with Crippen molar-refractivity contribution in [3.63, 3.8) is 0 Å². The molecule has 1 atom stereocenters. The fraction of sp³-hybridized carbons (Fsp3) is 0.312. The van der Waals surface area contributed by atoms with E-state index in [2.05, 4.69) is 20.3 Å². The Kier molecular flexibility index (Phi) is 9.02. The lowest BCUT2D eigenvalue weighted by Gasteiger charge is -2.23. The maximum atomic E-state index is 13.9. The van der Waals surface area contributed by atoms with E-state index in [1.807, 2.05) is 51.1 Å². The summed E-state index contributed by atoms with van der Waals surface area (Å²) in [5.74, 6) is 1.17. The number of carbonyl (C=O) groups excluding carboxylic acids is 1. The van der Waals surface area contributed by atoms with Gasteiger partial charge in [0.1, 0.15) is 11.9 Å². The number of sulfonamides is 1. The van der Waals surface area contributed by atoms with Crippen LogP contribution in [-0.4, -0.2) is 38.1 Å². The molecule has 0 aliphatic heterocycles. The molecule has 1 aliphatic rings. The fourth-order valence-corrected chi connectivity index (χ4v) is 6.31. The minimum absolute atomic E-state index is 0.0194. The molecule has 43 heavy (non-hydrogen) atoms. The highest BCUT2D eigenvalue weighted by atomic mass is 32.2. The van der Waals surface area contributed by atoms with Gasteiger partial charge in [-0.3, -0.25) is 4.79 Å².